The molecule has 1 aliphatic heterocycles. The number of rotatable bonds is 4. The van der Waals surface area contributed by atoms with Gasteiger partial charge in [0.05, 0.1) is 11.2 Å². The summed E-state index contributed by atoms with van der Waals surface area (Å²) in [6.07, 6.45) is 10.1. The van der Waals surface area contributed by atoms with Crippen LogP contribution in [0, 0.1) is 5.41 Å². The van der Waals surface area contributed by atoms with Crippen LogP contribution in [0.5, 0.6) is 0 Å². The fraction of sp³-hybridized carbons (Fsp3) is 0.722. The standard InChI is InChI=1S/C18H26BNO2/c1-15(2)16(3,4)22-19(21-15)18-11-17(12-18,13-18)8-7-14-6-5-9-20-10-14/h5-6,9-10H,7-8,11-13H2,1-4H3. The molecule has 3 saturated carbocycles. The van der Waals surface area contributed by atoms with E-state index in [-0.39, 0.29) is 18.3 Å². The predicted molar refractivity (Wildman–Crippen MR) is 87.6 cm³/mol. The van der Waals surface area contributed by atoms with Gasteiger partial charge in [0.2, 0.25) is 0 Å². The molecule has 2 heterocycles. The third kappa shape index (κ3) is 2.00. The molecular formula is C18H26BNO2. The summed E-state index contributed by atoms with van der Waals surface area (Å²) in [5.74, 6) is 0. The van der Waals surface area contributed by atoms with Gasteiger partial charge in [0.25, 0.3) is 0 Å². The molecule has 4 heteroatoms. The lowest BCUT2D eigenvalue weighted by atomic mass is 9.23. The van der Waals surface area contributed by atoms with Crippen LogP contribution >= 0.6 is 0 Å². The molecule has 0 N–H and O–H groups in total. The number of aromatic nitrogens is 1. The Morgan fingerprint density at radius 3 is 2.27 bits per heavy atom. The summed E-state index contributed by atoms with van der Waals surface area (Å²) >= 11 is 0. The maximum absolute atomic E-state index is 6.28. The van der Waals surface area contributed by atoms with Gasteiger partial charge in [-0.1, -0.05) is 6.07 Å². The van der Waals surface area contributed by atoms with Gasteiger partial charge in [-0.05, 0) is 76.8 Å². The number of nitrogens with zero attached hydrogens (tertiary/aromatic N) is 1. The van der Waals surface area contributed by atoms with Crippen molar-refractivity contribution in [2.45, 2.75) is 76.3 Å². The summed E-state index contributed by atoms with van der Waals surface area (Å²) in [6.45, 7) is 8.60. The van der Waals surface area contributed by atoms with Gasteiger partial charge in [-0.3, -0.25) is 4.98 Å². The number of hydrogen-bond donors (Lipinski definition) is 0. The summed E-state index contributed by atoms with van der Waals surface area (Å²) < 4.78 is 12.6. The average Bonchev–Trinajstić information content (AvgIpc) is 2.56. The molecule has 4 aliphatic rings. The van der Waals surface area contributed by atoms with Crippen molar-refractivity contribution >= 4 is 7.12 Å². The quantitative estimate of drug-likeness (QED) is 0.787. The molecule has 22 heavy (non-hydrogen) atoms. The Morgan fingerprint density at radius 1 is 1.09 bits per heavy atom. The highest BCUT2D eigenvalue weighted by molar-refractivity contribution is 6.51. The number of aryl methyl sites for hydroxylation is 1. The fourth-order valence-electron chi connectivity index (χ4n) is 4.65. The molecular weight excluding hydrogens is 273 g/mol. The van der Waals surface area contributed by atoms with Crippen LogP contribution in [0.1, 0.15) is 58.9 Å². The molecule has 1 aromatic heterocycles. The molecule has 0 unspecified atom stereocenters. The van der Waals surface area contributed by atoms with Gasteiger partial charge in [0.1, 0.15) is 0 Å². The summed E-state index contributed by atoms with van der Waals surface area (Å²) in [5.41, 5.74) is 1.52. The maximum Gasteiger partial charge on any atom is 0.464 e. The van der Waals surface area contributed by atoms with E-state index in [1.165, 1.54) is 31.2 Å². The molecule has 4 fully saturated rings. The van der Waals surface area contributed by atoms with Gasteiger partial charge < -0.3 is 9.31 Å². The summed E-state index contributed by atoms with van der Waals surface area (Å²) in [6, 6.07) is 4.21. The molecule has 0 amide bonds. The first-order valence-electron chi connectivity index (χ1n) is 8.51. The molecule has 3 aliphatic carbocycles. The SMILES string of the molecule is CC1(C)OB(C23CC(CCc4cccnc4)(C2)C3)OC1(C)C. The van der Waals surface area contributed by atoms with E-state index in [1.54, 1.807) is 0 Å². The predicted octanol–water partition coefficient (Wildman–Crippen LogP) is 4.03. The summed E-state index contributed by atoms with van der Waals surface area (Å²) in [4.78, 5) is 4.21. The molecule has 2 bridgehead atoms. The van der Waals surface area contributed by atoms with Crippen LogP contribution < -0.4 is 0 Å². The monoisotopic (exact) mass is 299 g/mol. The van der Waals surface area contributed by atoms with Crippen molar-refractivity contribution in [2.24, 2.45) is 5.41 Å². The van der Waals surface area contributed by atoms with Gasteiger partial charge in [-0.2, -0.15) is 0 Å². The summed E-state index contributed by atoms with van der Waals surface area (Å²) in [7, 11) is -0.00207. The van der Waals surface area contributed by atoms with E-state index in [0.29, 0.717) is 10.7 Å². The zero-order chi connectivity index (χ0) is 15.6. The Balaban J connectivity index is 1.35. The van der Waals surface area contributed by atoms with E-state index < -0.39 is 0 Å². The Hall–Kier alpha value is -0.865. The Labute approximate surface area is 133 Å². The van der Waals surface area contributed by atoms with Gasteiger partial charge in [-0.25, -0.2) is 0 Å². The smallest absolute Gasteiger partial charge is 0.403 e. The number of hydrogen-bond acceptors (Lipinski definition) is 3. The molecule has 1 aromatic rings. The third-order valence-electron chi connectivity index (χ3n) is 6.60. The van der Waals surface area contributed by atoms with Crippen LogP contribution in [-0.2, 0) is 15.7 Å². The van der Waals surface area contributed by atoms with Gasteiger partial charge in [-0.15, -0.1) is 0 Å². The van der Waals surface area contributed by atoms with Crippen molar-refractivity contribution in [2.75, 3.05) is 0 Å². The van der Waals surface area contributed by atoms with Gasteiger partial charge >= 0.3 is 7.12 Å². The van der Waals surface area contributed by atoms with Gasteiger partial charge in [0.15, 0.2) is 0 Å². The van der Waals surface area contributed by atoms with Crippen molar-refractivity contribution in [3.8, 4) is 0 Å². The van der Waals surface area contributed by atoms with Crippen LogP contribution in [0.15, 0.2) is 24.5 Å². The second kappa shape index (κ2) is 4.36. The lowest BCUT2D eigenvalue weighted by Gasteiger charge is -2.71. The highest BCUT2D eigenvalue weighted by atomic mass is 16.7. The van der Waals surface area contributed by atoms with Crippen molar-refractivity contribution in [1.82, 2.24) is 4.98 Å². The first kappa shape index (κ1) is 14.7. The van der Waals surface area contributed by atoms with E-state index >= 15 is 0 Å². The van der Waals surface area contributed by atoms with E-state index in [2.05, 4.69) is 38.7 Å². The molecule has 0 radical (unpaired) electrons. The van der Waals surface area contributed by atoms with Crippen molar-refractivity contribution in [3.63, 3.8) is 0 Å². The highest BCUT2D eigenvalue weighted by Crippen LogP contribution is 2.82. The lowest BCUT2D eigenvalue weighted by molar-refractivity contribution is -0.115. The zero-order valence-corrected chi connectivity index (χ0v) is 14.2. The van der Waals surface area contributed by atoms with Gasteiger partial charge in [0, 0.05) is 17.7 Å². The largest absolute Gasteiger partial charge is 0.464 e. The second-order valence-corrected chi connectivity index (χ2v) is 8.84. The fourth-order valence-corrected chi connectivity index (χ4v) is 4.65. The van der Waals surface area contributed by atoms with E-state index in [4.69, 9.17) is 9.31 Å². The van der Waals surface area contributed by atoms with Crippen molar-refractivity contribution in [3.05, 3.63) is 30.1 Å². The number of pyridine rings is 1. The Kier molecular flexibility index (Phi) is 2.91. The van der Waals surface area contributed by atoms with Crippen molar-refractivity contribution in [1.29, 1.82) is 0 Å². The minimum absolute atomic E-state index is 0.00207. The lowest BCUT2D eigenvalue weighted by Crippen LogP contribution is -2.64. The molecule has 3 nitrogen and oxygen atoms in total. The third-order valence-corrected chi connectivity index (χ3v) is 6.60. The second-order valence-electron chi connectivity index (χ2n) is 8.84. The van der Waals surface area contributed by atoms with E-state index in [1.807, 2.05) is 18.5 Å². The molecule has 118 valence electrons. The molecule has 5 rings (SSSR count). The normalized spacial score (nSPS) is 37.5. The first-order chi connectivity index (χ1) is 10.3. The van der Waals surface area contributed by atoms with Crippen LogP contribution in [0.2, 0.25) is 5.31 Å². The molecule has 0 atom stereocenters. The Morgan fingerprint density at radius 2 is 1.73 bits per heavy atom. The maximum atomic E-state index is 6.28. The molecule has 0 aromatic carbocycles. The topological polar surface area (TPSA) is 31.4 Å². The Bertz CT molecular complexity index is 548. The average molecular weight is 299 g/mol. The zero-order valence-electron chi connectivity index (χ0n) is 14.2. The van der Waals surface area contributed by atoms with Crippen LogP contribution in [0.3, 0.4) is 0 Å². The molecule has 0 spiro atoms. The van der Waals surface area contributed by atoms with E-state index in [0.717, 1.165) is 6.42 Å². The first-order valence-corrected chi connectivity index (χ1v) is 8.51. The van der Waals surface area contributed by atoms with Crippen LogP contribution in [0.4, 0.5) is 0 Å². The summed E-state index contributed by atoms with van der Waals surface area (Å²) in [5, 5.41) is 0.306. The van der Waals surface area contributed by atoms with Crippen molar-refractivity contribution < 1.29 is 9.31 Å². The van der Waals surface area contributed by atoms with Crippen LogP contribution in [0.25, 0.3) is 0 Å². The van der Waals surface area contributed by atoms with Crippen LogP contribution in [-0.4, -0.2) is 23.3 Å². The molecule has 1 saturated heterocycles. The minimum Gasteiger partial charge on any atom is -0.403 e. The highest BCUT2D eigenvalue weighted by Gasteiger charge is 2.75. The van der Waals surface area contributed by atoms with E-state index in [9.17, 15) is 0 Å². The minimum atomic E-state index is -0.198.